The number of rotatable bonds is 2. The molecule has 0 atom stereocenters. The number of aromatic nitrogens is 2. The highest BCUT2D eigenvalue weighted by Gasteiger charge is 2.26. The van der Waals surface area contributed by atoms with E-state index in [0.29, 0.717) is 0 Å². The summed E-state index contributed by atoms with van der Waals surface area (Å²) >= 11 is 4.30. The van der Waals surface area contributed by atoms with Crippen LogP contribution in [-0.2, 0) is 0 Å². The molecule has 3 rings (SSSR count). The normalized spacial score (nSPS) is 9.86. The van der Waals surface area contributed by atoms with Crippen molar-refractivity contribution in [2.75, 3.05) is 0 Å². The lowest BCUT2D eigenvalue weighted by molar-refractivity contribution is -0.423. The van der Waals surface area contributed by atoms with E-state index in [-0.39, 0.29) is 4.47 Å². The average Bonchev–Trinajstić information content (AvgIpc) is 2.95. The van der Waals surface area contributed by atoms with Crippen molar-refractivity contribution in [3.63, 3.8) is 0 Å². The predicted octanol–water partition coefficient (Wildman–Crippen LogP) is 3.96. The van der Waals surface area contributed by atoms with Gasteiger partial charge in [0.1, 0.15) is 9.99 Å². The van der Waals surface area contributed by atoms with Crippen molar-refractivity contribution >= 4 is 49.1 Å². The molecule has 0 aliphatic heterocycles. The Morgan fingerprint density at radius 2 is 1.73 bits per heavy atom. The zero-order valence-electron chi connectivity index (χ0n) is 10.7. The van der Waals surface area contributed by atoms with Gasteiger partial charge in [0, 0.05) is 6.07 Å². The molecule has 22 heavy (non-hydrogen) atoms. The van der Waals surface area contributed by atoms with Crippen molar-refractivity contribution in [1.29, 1.82) is 0 Å². The van der Waals surface area contributed by atoms with Crippen LogP contribution < -0.4 is 0 Å². The lowest BCUT2D eigenvalue weighted by Crippen LogP contribution is -1.96. The molecular formula is C12H7BrN4O4S. The molecule has 0 aliphatic carbocycles. The highest BCUT2D eigenvalue weighted by atomic mass is 79.9. The van der Waals surface area contributed by atoms with E-state index in [1.165, 1.54) is 23.7 Å². The van der Waals surface area contributed by atoms with Crippen molar-refractivity contribution in [2.24, 2.45) is 0 Å². The average molecular weight is 383 g/mol. The summed E-state index contributed by atoms with van der Waals surface area (Å²) in [5.41, 5.74) is -0.0469. The number of benzene rings is 2. The van der Waals surface area contributed by atoms with Crippen molar-refractivity contribution in [3.05, 3.63) is 67.2 Å². The fraction of sp³-hybridized carbons (Fsp3) is 0. The van der Waals surface area contributed by atoms with E-state index < -0.39 is 21.2 Å². The van der Waals surface area contributed by atoms with Crippen molar-refractivity contribution in [1.82, 2.24) is 9.59 Å². The molecule has 0 spiro atoms. The summed E-state index contributed by atoms with van der Waals surface area (Å²) in [5, 5.41) is 24.7. The predicted molar refractivity (Wildman–Crippen MR) is 84.9 cm³/mol. The third kappa shape index (κ3) is 3.59. The molecular weight excluding hydrogens is 376 g/mol. The second kappa shape index (κ2) is 7.00. The molecule has 2 aromatic carbocycles. The molecule has 0 saturated carbocycles. The Hall–Kier alpha value is -2.46. The van der Waals surface area contributed by atoms with Gasteiger partial charge >= 0.3 is 11.4 Å². The number of hydrogen-bond donors (Lipinski definition) is 0. The van der Waals surface area contributed by atoms with E-state index in [1.807, 2.05) is 24.3 Å². The summed E-state index contributed by atoms with van der Waals surface area (Å²) in [7, 11) is 0. The molecule has 1 heterocycles. The summed E-state index contributed by atoms with van der Waals surface area (Å²) in [5.74, 6) is 0. The summed E-state index contributed by atoms with van der Waals surface area (Å²) in [6.07, 6.45) is 0. The molecule has 0 amide bonds. The number of nitrogens with zero attached hydrogens (tertiary/aromatic N) is 4. The summed E-state index contributed by atoms with van der Waals surface area (Å²) in [4.78, 5) is 19.2. The van der Waals surface area contributed by atoms with E-state index in [0.717, 1.165) is 16.3 Å². The molecule has 0 bridgehead atoms. The third-order valence-corrected chi connectivity index (χ3v) is 3.84. The van der Waals surface area contributed by atoms with Crippen LogP contribution >= 0.6 is 27.5 Å². The quantitative estimate of drug-likeness (QED) is 0.489. The Morgan fingerprint density at radius 1 is 1.00 bits per heavy atom. The Bertz CT molecular complexity index is 809. The molecule has 0 aliphatic rings. The van der Waals surface area contributed by atoms with Crippen LogP contribution in [0.4, 0.5) is 11.4 Å². The lowest BCUT2D eigenvalue weighted by Gasteiger charge is -1.95. The Kier molecular flexibility index (Phi) is 5.07. The van der Waals surface area contributed by atoms with Crippen LogP contribution in [0.5, 0.6) is 0 Å². The second-order valence-electron chi connectivity index (χ2n) is 3.86. The number of para-hydroxylation sites is 1. The third-order valence-electron chi connectivity index (χ3n) is 2.50. The number of nitro benzene ring substituents is 2. The molecule has 0 N–H and O–H groups in total. The van der Waals surface area contributed by atoms with Crippen molar-refractivity contribution in [3.8, 4) is 0 Å². The minimum atomic E-state index is -0.789. The number of fused-ring (bicyclic) bond motifs is 1. The molecule has 8 nitrogen and oxygen atoms in total. The standard InChI is InChI=1S/C6H3BrN2O4.C6H4N2S/c7-4-2-1-3-5(8(10)11)6(4)9(12)13;1-2-4-6-5(3-1)7-8-9-6/h1-3H;1-4H. The molecule has 0 saturated heterocycles. The van der Waals surface area contributed by atoms with E-state index >= 15 is 0 Å². The molecule has 0 fully saturated rings. The van der Waals surface area contributed by atoms with Crippen molar-refractivity contribution in [2.45, 2.75) is 0 Å². The van der Waals surface area contributed by atoms with Crippen LogP contribution in [0.2, 0.25) is 0 Å². The maximum atomic E-state index is 10.4. The van der Waals surface area contributed by atoms with E-state index in [2.05, 4.69) is 25.5 Å². The van der Waals surface area contributed by atoms with Crippen LogP contribution in [0.25, 0.3) is 10.2 Å². The first-order chi connectivity index (χ1) is 10.5. The van der Waals surface area contributed by atoms with Crippen LogP contribution in [0.1, 0.15) is 0 Å². The van der Waals surface area contributed by atoms with E-state index in [9.17, 15) is 20.2 Å². The van der Waals surface area contributed by atoms with Crippen LogP contribution in [-0.4, -0.2) is 19.4 Å². The fourth-order valence-corrected chi connectivity index (χ4v) is 2.62. The second-order valence-corrected chi connectivity index (χ2v) is 5.50. The molecule has 0 radical (unpaired) electrons. The van der Waals surface area contributed by atoms with Gasteiger partial charge < -0.3 is 0 Å². The monoisotopic (exact) mass is 382 g/mol. The molecule has 3 aromatic rings. The smallest absolute Gasteiger partial charge is 0.258 e. The van der Waals surface area contributed by atoms with E-state index in [1.54, 1.807) is 0 Å². The summed E-state index contributed by atoms with van der Waals surface area (Å²) in [6.45, 7) is 0. The number of halogens is 1. The Balaban J connectivity index is 0.000000170. The van der Waals surface area contributed by atoms with Gasteiger partial charge in [0.25, 0.3) is 0 Å². The zero-order chi connectivity index (χ0) is 16.1. The van der Waals surface area contributed by atoms with Gasteiger partial charge in [-0.25, -0.2) is 0 Å². The first-order valence-electron chi connectivity index (χ1n) is 5.75. The first kappa shape index (κ1) is 15.9. The number of hydrogen-bond acceptors (Lipinski definition) is 7. The fourth-order valence-electron chi connectivity index (χ4n) is 1.56. The Labute approximate surface area is 136 Å². The van der Waals surface area contributed by atoms with E-state index in [4.69, 9.17) is 0 Å². The minimum Gasteiger partial charge on any atom is -0.258 e. The van der Waals surface area contributed by atoms with Gasteiger partial charge in [0.2, 0.25) is 0 Å². The van der Waals surface area contributed by atoms with Gasteiger partial charge in [-0.1, -0.05) is 22.7 Å². The molecule has 0 unspecified atom stereocenters. The van der Waals surface area contributed by atoms with Gasteiger partial charge in [0.15, 0.2) is 0 Å². The maximum absolute atomic E-state index is 10.4. The largest absolute Gasteiger partial charge is 0.360 e. The maximum Gasteiger partial charge on any atom is 0.360 e. The summed E-state index contributed by atoms with van der Waals surface area (Å²) in [6, 6.07) is 11.8. The summed E-state index contributed by atoms with van der Waals surface area (Å²) < 4.78 is 5.05. The van der Waals surface area contributed by atoms with Gasteiger partial charge in [-0.2, -0.15) is 0 Å². The van der Waals surface area contributed by atoms with Gasteiger partial charge in [-0.15, -0.1) is 5.10 Å². The first-order valence-corrected chi connectivity index (χ1v) is 7.31. The highest BCUT2D eigenvalue weighted by molar-refractivity contribution is 9.10. The van der Waals surface area contributed by atoms with Gasteiger partial charge in [-0.05, 0) is 45.7 Å². The molecule has 10 heteroatoms. The van der Waals surface area contributed by atoms with Crippen molar-refractivity contribution < 1.29 is 9.85 Å². The topological polar surface area (TPSA) is 112 Å². The lowest BCUT2D eigenvalue weighted by atomic mass is 10.3. The minimum absolute atomic E-state index is 0.103. The highest BCUT2D eigenvalue weighted by Crippen LogP contribution is 2.33. The Morgan fingerprint density at radius 3 is 2.32 bits per heavy atom. The van der Waals surface area contributed by atoms with Gasteiger partial charge in [0.05, 0.1) is 14.5 Å². The SMILES string of the molecule is O=[N+]([O-])c1cccc(Br)c1[N+](=O)[O-].c1ccc2snnc2c1. The van der Waals surface area contributed by atoms with Crippen LogP contribution in [0.3, 0.4) is 0 Å². The zero-order valence-corrected chi connectivity index (χ0v) is 13.2. The number of nitro groups is 2. The van der Waals surface area contributed by atoms with Crippen LogP contribution in [0.15, 0.2) is 46.9 Å². The molecule has 112 valence electrons. The van der Waals surface area contributed by atoms with Crippen LogP contribution in [0, 0.1) is 20.2 Å². The van der Waals surface area contributed by atoms with Gasteiger partial charge in [-0.3, -0.25) is 20.2 Å². The molecule has 1 aromatic heterocycles.